The van der Waals surface area contributed by atoms with Crippen molar-refractivity contribution < 1.29 is 9.90 Å². The van der Waals surface area contributed by atoms with Gasteiger partial charge in [0.25, 0.3) is 0 Å². The Morgan fingerprint density at radius 3 is 2.71 bits per heavy atom. The lowest BCUT2D eigenvalue weighted by molar-refractivity contribution is -0.128. The molecule has 0 bridgehead atoms. The zero-order valence-corrected chi connectivity index (χ0v) is 13.5. The zero-order chi connectivity index (χ0) is 15.3. The van der Waals surface area contributed by atoms with Crippen LogP contribution in [-0.2, 0) is 4.79 Å². The first-order valence-corrected chi connectivity index (χ1v) is 8.49. The van der Waals surface area contributed by atoms with Crippen LogP contribution in [0.3, 0.4) is 0 Å². The summed E-state index contributed by atoms with van der Waals surface area (Å²) in [6.45, 7) is 7.39. The molecule has 0 saturated carbocycles. The van der Waals surface area contributed by atoms with Crippen molar-refractivity contribution in [2.75, 3.05) is 26.2 Å². The highest BCUT2D eigenvalue weighted by Crippen LogP contribution is 2.25. The molecular formula is C16H31N3O2. The van der Waals surface area contributed by atoms with Gasteiger partial charge in [0.05, 0.1) is 6.04 Å². The molecule has 0 spiro atoms. The van der Waals surface area contributed by atoms with E-state index in [4.69, 9.17) is 0 Å². The van der Waals surface area contributed by atoms with Crippen molar-refractivity contribution >= 4 is 5.91 Å². The minimum Gasteiger partial charge on any atom is -0.396 e. The van der Waals surface area contributed by atoms with Crippen LogP contribution in [0, 0.1) is 0 Å². The first kappa shape index (κ1) is 16.7. The maximum atomic E-state index is 12.7. The molecule has 21 heavy (non-hydrogen) atoms. The predicted octanol–water partition coefficient (Wildman–Crippen LogP) is 0.870. The van der Waals surface area contributed by atoms with Gasteiger partial charge in [-0.25, -0.2) is 0 Å². The highest BCUT2D eigenvalue weighted by Gasteiger charge is 2.37. The predicted molar refractivity (Wildman–Crippen MR) is 84.2 cm³/mol. The fraction of sp³-hybridized carbons (Fsp3) is 0.938. The van der Waals surface area contributed by atoms with E-state index in [-0.39, 0.29) is 24.1 Å². The molecular weight excluding hydrogens is 266 g/mol. The monoisotopic (exact) mass is 297 g/mol. The molecule has 5 heteroatoms. The summed E-state index contributed by atoms with van der Waals surface area (Å²) in [5.41, 5.74) is -0.284. The molecule has 0 radical (unpaired) electrons. The number of carbonyl (C=O) groups is 1. The van der Waals surface area contributed by atoms with Gasteiger partial charge < -0.3 is 15.7 Å². The summed E-state index contributed by atoms with van der Waals surface area (Å²) in [6, 6.07) is 0.577. The summed E-state index contributed by atoms with van der Waals surface area (Å²) in [5.74, 6) is 0.156. The largest absolute Gasteiger partial charge is 0.396 e. The minimum absolute atomic E-state index is 0.0256. The van der Waals surface area contributed by atoms with Gasteiger partial charge in [-0.1, -0.05) is 6.92 Å². The molecule has 5 nitrogen and oxygen atoms in total. The van der Waals surface area contributed by atoms with Crippen molar-refractivity contribution in [2.45, 2.75) is 70.0 Å². The summed E-state index contributed by atoms with van der Waals surface area (Å²) in [6.07, 6.45) is 5.84. The number of aliphatic hydroxyl groups excluding tert-OH is 1. The number of hydrogen-bond donors (Lipinski definition) is 3. The first-order chi connectivity index (χ1) is 10.1. The fourth-order valence-corrected chi connectivity index (χ4v) is 3.60. The average molecular weight is 297 g/mol. The van der Waals surface area contributed by atoms with E-state index in [0.29, 0.717) is 12.5 Å². The second-order valence-corrected chi connectivity index (χ2v) is 6.75. The van der Waals surface area contributed by atoms with Crippen molar-refractivity contribution in [3.05, 3.63) is 0 Å². The van der Waals surface area contributed by atoms with Crippen LogP contribution in [0.15, 0.2) is 0 Å². The molecule has 2 rings (SSSR count). The van der Waals surface area contributed by atoms with Crippen LogP contribution >= 0.6 is 0 Å². The average Bonchev–Trinajstić information content (AvgIpc) is 2.98. The quantitative estimate of drug-likeness (QED) is 0.681. The van der Waals surface area contributed by atoms with Gasteiger partial charge in [0.2, 0.25) is 5.91 Å². The van der Waals surface area contributed by atoms with Crippen LogP contribution in [-0.4, -0.2) is 59.8 Å². The topological polar surface area (TPSA) is 64.6 Å². The Kier molecular flexibility index (Phi) is 6.02. The number of nitrogens with zero attached hydrogens (tertiary/aromatic N) is 1. The maximum Gasteiger partial charge on any atom is 0.237 e. The molecule has 2 fully saturated rings. The van der Waals surface area contributed by atoms with E-state index in [9.17, 15) is 9.90 Å². The molecule has 2 unspecified atom stereocenters. The Balaban J connectivity index is 1.96. The summed E-state index contributed by atoms with van der Waals surface area (Å²) >= 11 is 0. The van der Waals surface area contributed by atoms with Crippen LogP contribution in [0.1, 0.15) is 52.4 Å². The third-order valence-corrected chi connectivity index (χ3v) is 5.24. The van der Waals surface area contributed by atoms with Crippen LogP contribution < -0.4 is 10.6 Å². The number of piperidine rings is 1. The molecule has 2 heterocycles. The van der Waals surface area contributed by atoms with Crippen molar-refractivity contribution in [3.63, 3.8) is 0 Å². The lowest BCUT2D eigenvalue weighted by atomic mass is 9.94. The molecule has 0 aromatic carbocycles. The minimum atomic E-state index is -0.284. The van der Waals surface area contributed by atoms with Gasteiger partial charge >= 0.3 is 0 Å². The molecule has 1 amide bonds. The van der Waals surface area contributed by atoms with Crippen molar-refractivity contribution in [2.24, 2.45) is 0 Å². The normalized spacial score (nSPS) is 27.5. The van der Waals surface area contributed by atoms with Crippen LogP contribution in [0.25, 0.3) is 0 Å². The third-order valence-electron chi connectivity index (χ3n) is 5.24. The van der Waals surface area contributed by atoms with E-state index >= 15 is 0 Å². The summed E-state index contributed by atoms with van der Waals surface area (Å²) in [5, 5.41) is 15.8. The van der Waals surface area contributed by atoms with Gasteiger partial charge in [0.15, 0.2) is 0 Å². The van der Waals surface area contributed by atoms with Crippen molar-refractivity contribution in [3.8, 4) is 0 Å². The van der Waals surface area contributed by atoms with Gasteiger partial charge in [-0.05, 0) is 65.1 Å². The van der Waals surface area contributed by atoms with E-state index in [0.717, 1.165) is 51.7 Å². The van der Waals surface area contributed by atoms with E-state index in [1.165, 1.54) is 0 Å². The Bertz CT molecular complexity index is 344. The number of nitrogens with one attached hydrogen (secondary N) is 2. The van der Waals surface area contributed by atoms with Crippen molar-refractivity contribution in [1.82, 2.24) is 15.5 Å². The number of aliphatic hydroxyl groups is 1. The number of amides is 1. The highest BCUT2D eigenvalue weighted by atomic mass is 16.3. The lowest BCUT2D eigenvalue weighted by Gasteiger charge is -2.37. The number of rotatable bonds is 6. The van der Waals surface area contributed by atoms with E-state index in [2.05, 4.69) is 22.5 Å². The lowest BCUT2D eigenvalue weighted by Crippen LogP contribution is -2.55. The fourth-order valence-electron chi connectivity index (χ4n) is 3.60. The van der Waals surface area contributed by atoms with E-state index in [1.54, 1.807) is 0 Å². The van der Waals surface area contributed by atoms with Crippen LogP contribution in [0.4, 0.5) is 0 Å². The second-order valence-electron chi connectivity index (χ2n) is 6.75. The molecule has 2 aliphatic heterocycles. The molecule has 0 aliphatic carbocycles. The van der Waals surface area contributed by atoms with Gasteiger partial charge in [-0.15, -0.1) is 0 Å². The van der Waals surface area contributed by atoms with Gasteiger partial charge in [-0.3, -0.25) is 9.69 Å². The summed E-state index contributed by atoms with van der Waals surface area (Å²) in [7, 11) is 0. The van der Waals surface area contributed by atoms with Crippen LogP contribution in [0.5, 0.6) is 0 Å². The van der Waals surface area contributed by atoms with Gasteiger partial charge in [0.1, 0.15) is 0 Å². The van der Waals surface area contributed by atoms with Gasteiger partial charge in [-0.2, -0.15) is 0 Å². The Hall–Kier alpha value is -0.650. The zero-order valence-electron chi connectivity index (χ0n) is 13.5. The molecule has 0 aromatic heterocycles. The SMILES string of the molecule is CCC(C)(CCO)NC(=O)C1CCCN1C1CCNCC1. The molecule has 0 aromatic rings. The van der Waals surface area contributed by atoms with E-state index < -0.39 is 0 Å². The summed E-state index contributed by atoms with van der Waals surface area (Å²) < 4.78 is 0. The maximum absolute atomic E-state index is 12.7. The number of likely N-dealkylation sites (tertiary alicyclic amines) is 1. The standard InChI is InChI=1S/C16H31N3O2/c1-3-16(2,8-12-20)18-15(21)14-5-4-11-19(14)13-6-9-17-10-7-13/h13-14,17,20H,3-12H2,1-2H3,(H,18,21). The Morgan fingerprint density at radius 1 is 1.38 bits per heavy atom. The molecule has 2 atom stereocenters. The first-order valence-electron chi connectivity index (χ1n) is 8.49. The van der Waals surface area contributed by atoms with Crippen molar-refractivity contribution in [1.29, 1.82) is 0 Å². The second kappa shape index (κ2) is 7.56. The van der Waals surface area contributed by atoms with E-state index in [1.807, 2.05) is 6.92 Å². The molecule has 2 aliphatic rings. The molecule has 2 saturated heterocycles. The third kappa shape index (κ3) is 4.18. The van der Waals surface area contributed by atoms with Crippen LogP contribution in [0.2, 0.25) is 0 Å². The Morgan fingerprint density at radius 2 is 2.10 bits per heavy atom. The number of carbonyl (C=O) groups excluding carboxylic acids is 1. The Labute approximate surface area is 128 Å². The smallest absolute Gasteiger partial charge is 0.237 e. The molecule has 3 N–H and O–H groups in total. The highest BCUT2D eigenvalue weighted by molar-refractivity contribution is 5.82. The molecule has 122 valence electrons. The summed E-state index contributed by atoms with van der Waals surface area (Å²) in [4.78, 5) is 15.1. The number of hydrogen-bond acceptors (Lipinski definition) is 4. The van der Waals surface area contributed by atoms with Gasteiger partial charge in [0, 0.05) is 18.2 Å².